The summed E-state index contributed by atoms with van der Waals surface area (Å²) < 4.78 is 5.18. The Hall–Kier alpha value is -2.53. The van der Waals surface area contributed by atoms with Crippen LogP contribution in [0, 0.1) is 0 Å². The lowest BCUT2D eigenvalue weighted by Crippen LogP contribution is -2.02. The highest BCUT2D eigenvalue weighted by Gasteiger charge is 2.08. The van der Waals surface area contributed by atoms with Gasteiger partial charge in [0.1, 0.15) is 5.75 Å². The van der Waals surface area contributed by atoms with E-state index in [1.165, 1.54) is 0 Å². The number of nitrogens with zero attached hydrogens (tertiary/aromatic N) is 2. The monoisotopic (exact) mass is 300 g/mol. The van der Waals surface area contributed by atoms with Crippen LogP contribution >= 0.6 is 11.6 Å². The van der Waals surface area contributed by atoms with Gasteiger partial charge in [-0.25, -0.2) is 9.97 Å². The molecule has 6 heteroatoms. The molecular formula is C15H13ClN4O. The molecule has 0 fully saturated rings. The molecular weight excluding hydrogens is 288 g/mol. The number of aromatic nitrogens is 2. The molecule has 0 bridgehead atoms. The van der Waals surface area contributed by atoms with Crippen molar-refractivity contribution >= 4 is 40.0 Å². The minimum atomic E-state index is 0.336. The molecule has 0 saturated heterocycles. The fourth-order valence-corrected chi connectivity index (χ4v) is 2.17. The fraction of sp³-hybridized carbons (Fsp3) is 0.0667. The van der Waals surface area contributed by atoms with Gasteiger partial charge < -0.3 is 15.8 Å². The van der Waals surface area contributed by atoms with Gasteiger partial charge >= 0.3 is 0 Å². The summed E-state index contributed by atoms with van der Waals surface area (Å²) in [5.74, 6) is 1.41. The summed E-state index contributed by atoms with van der Waals surface area (Å²) in [5.41, 5.74) is 8.24. The van der Waals surface area contributed by atoms with Crippen LogP contribution < -0.4 is 15.8 Å². The van der Waals surface area contributed by atoms with Gasteiger partial charge in [0.2, 0.25) is 0 Å². The van der Waals surface area contributed by atoms with Crippen LogP contribution in [-0.2, 0) is 0 Å². The molecule has 1 aromatic heterocycles. The van der Waals surface area contributed by atoms with E-state index >= 15 is 0 Å². The highest BCUT2D eigenvalue weighted by molar-refractivity contribution is 6.32. The number of methoxy groups -OCH3 is 1. The van der Waals surface area contributed by atoms with E-state index in [0.29, 0.717) is 22.4 Å². The number of para-hydroxylation sites is 2. The molecule has 106 valence electrons. The van der Waals surface area contributed by atoms with Gasteiger partial charge in [0.05, 0.1) is 23.2 Å². The molecule has 2 aromatic carbocycles. The number of hydrogen-bond acceptors (Lipinski definition) is 5. The lowest BCUT2D eigenvalue weighted by molar-refractivity contribution is 0.415. The van der Waals surface area contributed by atoms with E-state index in [2.05, 4.69) is 15.3 Å². The van der Waals surface area contributed by atoms with Crippen molar-refractivity contribution in [1.82, 2.24) is 9.97 Å². The molecule has 0 radical (unpaired) electrons. The van der Waals surface area contributed by atoms with Crippen molar-refractivity contribution < 1.29 is 4.74 Å². The Labute approximate surface area is 126 Å². The second-order valence-corrected chi connectivity index (χ2v) is 4.83. The van der Waals surface area contributed by atoms with E-state index in [1.54, 1.807) is 19.2 Å². The van der Waals surface area contributed by atoms with Gasteiger partial charge in [-0.15, -0.1) is 0 Å². The maximum atomic E-state index is 6.00. The normalized spacial score (nSPS) is 10.6. The van der Waals surface area contributed by atoms with Crippen molar-refractivity contribution in [3.63, 3.8) is 0 Å². The molecule has 0 aliphatic heterocycles. The summed E-state index contributed by atoms with van der Waals surface area (Å²) in [4.78, 5) is 8.80. The average Bonchev–Trinajstić information content (AvgIpc) is 2.50. The number of nitrogen functional groups attached to an aromatic ring is 1. The van der Waals surface area contributed by atoms with E-state index in [9.17, 15) is 0 Å². The number of fused-ring (bicyclic) bond motifs is 1. The SMILES string of the molecule is COc1cc(Nc2nc3ccccc3nc2N)ccc1Cl. The molecule has 0 aliphatic carbocycles. The quantitative estimate of drug-likeness (QED) is 0.773. The maximum absolute atomic E-state index is 6.00. The molecule has 0 saturated carbocycles. The maximum Gasteiger partial charge on any atom is 0.174 e. The molecule has 5 nitrogen and oxygen atoms in total. The standard InChI is InChI=1S/C15H13ClN4O/c1-21-13-8-9(6-7-10(13)16)18-15-14(17)19-11-4-2-3-5-12(11)20-15/h2-8H,1H3,(H2,17,19)(H,18,20). The highest BCUT2D eigenvalue weighted by atomic mass is 35.5. The van der Waals surface area contributed by atoms with Crippen LogP contribution in [0.15, 0.2) is 42.5 Å². The van der Waals surface area contributed by atoms with Gasteiger partial charge in [0, 0.05) is 11.8 Å². The number of halogens is 1. The van der Waals surface area contributed by atoms with Gasteiger partial charge in [-0.05, 0) is 24.3 Å². The molecule has 0 unspecified atom stereocenters. The minimum Gasteiger partial charge on any atom is -0.495 e. The second kappa shape index (κ2) is 5.46. The van der Waals surface area contributed by atoms with Crippen molar-refractivity contribution in [2.75, 3.05) is 18.2 Å². The largest absolute Gasteiger partial charge is 0.495 e. The van der Waals surface area contributed by atoms with Crippen molar-refractivity contribution in [1.29, 1.82) is 0 Å². The molecule has 3 aromatic rings. The number of ether oxygens (including phenoxy) is 1. The molecule has 0 aliphatic rings. The molecule has 3 rings (SSSR count). The first kappa shape index (κ1) is 13.5. The van der Waals surface area contributed by atoms with Crippen LogP contribution in [0.5, 0.6) is 5.75 Å². The summed E-state index contributed by atoms with van der Waals surface area (Å²) in [6, 6.07) is 12.9. The van der Waals surface area contributed by atoms with Gasteiger partial charge in [-0.1, -0.05) is 23.7 Å². The van der Waals surface area contributed by atoms with Gasteiger partial charge in [0.15, 0.2) is 11.6 Å². The number of hydrogen-bond donors (Lipinski definition) is 2. The third-order valence-electron chi connectivity index (χ3n) is 3.01. The zero-order valence-electron chi connectivity index (χ0n) is 11.3. The van der Waals surface area contributed by atoms with Gasteiger partial charge in [-0.3, -0.25) is 0 Å². The molecule has 3 N–H and O–H groups in total. The molecule has 0 amide bonds. The van der Waals surface area contributed by atoms with Crippen molar-refractivity contribution in [2.24, 2.45) is 0 Å². The zero-order valence-corrected chi connectivity index (χ0v) is 12.1. The first-order chi connectivity index (χ1) is 10.2. The molecule has 0 spiro atoms. The predicted octanol–water partition coefficient (Wildman–Crippen LogP) is 3.62. The third kappa shape index (κ3) is 2.68. The average molecular weight is 301 g/mol. The lowest BCUT2D eigenvalue weighted by Gasteiger charge is -2.11. The van der Waals surface area contributed by atoms with Gasteiger partial charge in [-0.2, -0.15) is 0 Å². The van der Waals surface area contributed by atoms with E-state index < -0.39 is 0 Å². The first-order valence-electron chi connectivity index (χ1n) is 6.30. The van der Waals surface area contributed by atoms with Crippen LogP contribution in [0.4, 0.5) is 17.3 Å². The number of anilines is 3. The Morgan fingerprint density at radius 2 is 1.81 bits per heavy atom. The van der Waals surface area contributed by atoms with Crippen molar-refractivity contribution in [2.45, 2.75) is 0 Å². The topological polar surface area (TPSA) is 73.1 Å². The Kier molecular flexibility index (Phi) is 3.50. The van der Waals surface area contributed by atoms with Crippen molar-refractivity contribution in [3.8, 4) is 5.75 Å². The number of nitrogens with two attached hydrogens (primary N) is 1. The van der Waals surface area contributed by atoms with Crippen LogP contribution in [0.3, 0.4) is 0 Å². The Bertz CT molecular complexity index is 807. The van der Waals surface area contributed by atoms with E-state index in [1.807, 2.05) is 30.3 Å². The lowest BCUT2D eigenvalue weighted by atomic mass is 10.3. The minimum absolute atomic E-state index is 0.336. The van der Waals surface area contributed by atoms with Gasteiger partial charge in [0.25, 0.3) is 0 Å². The summed E-state index contributed by atoms with van der Waals surface area (Å²) in [6.07, 6.45) is 0. The summed E-state index contributed by atoms with van der Waals surface area (Å²) >= 11 is 6.00. The smallest absolute Gasteiger partial charge is 0.174 e. The third-order valence-corrected chi connectivity index (χ3v) is 3.32. The Morgan fingerprint density at radius 3 is 2.52 bits per heavy atom. The molecule has 21 heavy (non-hydrogen) atoms. The highest BCUT2D eigenvalue weighted by Crippen LogP contribution is 2.30. The van der Waals surface area contributed by atoms with Crippen molar-refractivity contribution in [3.05, 3.63) is 47.5 Å². The molecule has 1 heterocycles. The number of nitrogens with one attached hydrogen (secondary N) is 1. The van der Waals surface area contributed by atoms with E-state index in [0.717, 1.165) is 16.7 Å². The predicted molar refractivity (Wildman–Crippen MR) is 85.2 cm³/mol. The van der Waals surface area contributed by atoms with Crippen LogP contribution in [0.1, 0.15) is 0 Å². The summed E-state index contributed by atoms with van der Waals surface area (Å²) in [6.45, 7) is 0. The molecule has 0 atom stereocenters. The van der Waals surface area contributed by atoms with Crippen LogP contribution in [0.25, 0.3) is 11.0 Å². The number of benzene rings is 2. The summed E-state index contributed by atoms with van der Waals surface area (Å²) in [7, 11) is 1.56. The van der Waals surface area contributed by atoms with E-state index in [-0.39, 0.29) is 0 Å². The second-order valence-electron chi connectivity index (χ2n) is 4.42. The zero-order chi connectivity index (χ0) is 14.8. The first-order valence-corrected chi connectivity index (χ1v) is 6.68. The van der Waals surface area contributed by atoms with Crippen LogP contribution in [-0.4, -0.2) is 17.1 Å². The number of rotatable bonds is 3. The Balaban J connectivity index is 1.99. The fourth-order valence-electron chi connectivity index (χ4n) is 1.98. The summed E-state index contributed by atoms with van der Waals surface area (Å²) in [5, 5.41) is 3.67. The van der Waals surface area contributed by atoms with E-state index in [4.69, 9.17) is 22.1 Å². The van der Waals surface area contributed by atoms with Crippen LogP contribution in [0.2, 0.25) is 5.02 Å². The Morgan fingerprint density at radius 1 is 1.10 bits per heavy atom.